The Labute approximate surface area is 195 Å². The Morgan fingerprint density at radius 3 is 2.59 bits per heavy atom. The number of nitrogens with zero attached hydrogens (tertiary/aromatic N) is 4. The van der Waals surface area contributed by atoms with Gasteiger partial charge in [0.2, 0.25) is 5.91 Å². The second kappa shape index (κ2) is 10.1. The second-order valence-corrected chi connectivity index (χ2v) is 8.77. The predicted octanol–water partition coefficient (Wildman–Crippen LogP) is 4.06. The summed E-state index contributed by atoms with van der Waals surface area (Å²) in [5.74, 6) is 0.441. The van der Waals surface area contributed by atoms with Crippen molar-refractivity contribution in [2.24, 2.45) is 0 Å². The number of halogens is 1. The zero-order valence-corrected chi connectivity index (χ0v) is 19.2. The first-order valence-electron chi connectivity index (χ1n) is 10.3. The highest BCUT2D eigenvalue weighted by atomic mass is 35.5. The van der Waals surface area contributed by atoms with Crippen LogP contribution in [0.2, 0.25) is 5.02 Å². The summed E-state index contributed by atoms with van der Waals surface area (Å²) in [6.07, 6.45) is 4.08. The molecule has 166 valence electrons. The molecule has 32 heavy (non-hydrogen) atoms. The largest absolute Gasteiger partial charge is 0.484 e. The van der Waals surface area contributed by atoms with Crippen LogP contribution in [0, 0.1) is 0 Å². The summed E-state index contributed by atoms with van der Waals surface area (Å²) in [5, 5.41) is 3.45. The van der Waals surface area contributed by atoms with E-state index in [9.17, 15) is 9.59 Å². The fraction of sp³-hybridized carbons (Fsp3) is 0.304. The first-order valence-corrected chi connectivity index (χ1v) is 11.6. The summed E-state index contributed by atoms with van der Waals surface area (Å²) in [5.41, 5.74) is 1.83. The second-order valence-electron chi connectivity index (χ2n) is 7.45. The van der Waals surface area contributed by atoms with Crippen molar-refractivity contribution in [3.63, 3.8) is 0 Å². The number of aromatic nitrogens is 2. The van der Waals surface area contributed by atoms with Gasteiger partial charge < -0.3 is 14.5 Å². The quantitative estimate of drug-likeness (QED) is 0.562. The number of hydrogen-bond donors (Lipinski definition) is 0. The lowest BCUT2D eigenvalue weighted by molar-refractivity contribution is -0.136. The number of amides is 2. The minimum Gasteiger partial charge on any atom is -0.484 e. The van der Waals surface area contributed by atoms with Gasteiger partial charge in [-0.15, -0.1) is 11.3 Å². The molecule has 0 N–H and O–H groups in total. The van der Waals surface area contributed by atoms with Gasteiger partial charge in [0.05, 0.1) is 11.7 Å². The van der Waals surface area contributed by atoms with Crippen molar-refractivity contribution in [1.29, 1.82) is 0 Å². The minimum atomic E-state index is -0.221. The van der Waals surface area contributed by atoms with Gasteiger partial charge >= 0.3 is 0 Å². The number of pyridine rings is 1. The van der Waals surface area contributed by atoms with Crippen LogP contribution in [0.1, 0.15) is 24.4 Å². The summed E-state index contributed by atoms with van der Waals surface area (Å²) in [7, 11) is 0. The molecule has 0 bridgehead atoms. The average Bonchev–Trinajstić information content (AvgIpc) is 3.18. The van der Waals surface area contributed by atoms with Crippen molar-refractivity contribution in [3.8, 4) is 17.0 Å². The number of hydrogen-bond acceptors (Lipinski definition) is 6. The molecule has 1 fully saturated rings. The molecule has 1 atom stereocenters. The number of ether oxygens (including phenoxy) is 1. The number of benzene rings is 1. The van der Waals surface area contributed by atoms with Gasteiger partial charge in [-0.1, -0.05) is 11.6 Å². The van der Waals surface area contributed by atoms with E-state index in [0.29, 0.717) is 36.8 Å². The molecule has 0 spiro atoms. The maximum atomic E-state index is 13.2. The summed E-state index contributed by atoms with van der Waals surface area (Å²) < 4.78 is 5.70. The minimum absolute atomic E-state index is 0.00655. The molecule has 1 aromatic carbocycles. The van der Waals surface area contributed by atoms with Crippen LogP contribution in [-0.4, -0.2) is 57.8 Å². The molecule has 7 nitrogen and oxygen atoms in total. The number of rotatable bonds is 5. The molecule has 0 radical (unpaired) electrons. The van der Waals surface area contributed by atoms with Gasteiger partial charge in [-0.3, -0.25) is 14.6 Å². The summed E-state index contributed by atoms with van der Waals surface area (Å²) >= 11 is 7.44. The Bertz CT molecular complexity index is 1070. The maximum Gasteiger partial charge on any atom is 0.261 e. The Morgan fingerprint density at radius 1 is 1.12 bits per heavy atom. The van der Waals surface area contributed by atoms with E-state index in [1.807, 2.05) is 17.5 Å². The highest BCUT2D eigenvalue weighted by Gasteiger charge is 2.32. The molecule has 9 heteroatoms. The zero-order chi connectivity index (χ0) is 22.5. The van der Waals surface area contributed by atoms with E-state index in [0.717, 1.165) is 16.3 Å². The highest BCUT2D eigenvalue weighted by Crippen LogP contribution is 2.32. The molecule has 1 aliphatic heterocycles. The fourth-order valence-corrected chi connectivity index (χ4v) is 4.76. The third-order valence-corrected chi connectivity index (χ3v) is 6.58. The van der Waals surface area contributed by atoms with E-state index < -0.39 is 0 Å². The van der Waals surface area contributed by atoms with Crippen molar-refractivity contribution in [2.45, 2.75) is 19.4 Å². The van der Waals surface area contributed by atoms with Crippen LogP contribution in [0.25, 0.3) is 11.3 Å². The van der Waals surface area contributed by atoms with E-state index in [2.05, 4.69) is 4.98 Å². The van der Waals surface area contributed by atoms with Gasteiger partial charge in [0, 0.05) is 54.9 Å². The predicted molar refractivity (Wildman–Crippen MR) is 124 cm³/mol. The van der Waals surface area contributed by atoms with Gasteiger partial charge in [-0.05, 0) is 42.8 Å². The number of thiazole rings is 1. The Hall–Kier alpha value is -2.97. The van der Waals surface area contributed by atoms with E-state index >= 15 is 0 Å². The lowest BCUT2D eigenvalue weighted by Gasteiger charge is -2.28. The van der Waals surface area contributed by atoms with Crippen molar-refractivity contribution in [3.05, 3.63) is 64.2 Å². The molecule has 2 aromatic heterocycles. The van der Waals surface area contributed by atoms with Crippen molar-refractivity contribution >= 4 is 34.8 Å². The average molecular weight is 471 g/mol. The summed E-state index contributed by atoms with van der Waals surface area (Å²) in [6, 6.07) is 10.5. The number of carbonyl (C=O) groups is 2. The van der Waals surface area contributed by atoms with E-state index in [1.165, 1.54) is 11.3 Å². The van der Waals surface area contributed by atoms with Gasteiger partial charge in [0.15, 0.2) is 6.61 Å². The maximum absolute atomic E-state index is 13.2. The number of carbonyl (C=O) groups excluding carboxylic acids is 2. The smallest absolute Gasteiger partial charge is 0.261 e. The molecule has 0 saturated carbocycles. The summed E-state index contributed by atoms with van der Waals surface area (Å²) in [4.78, 5) is 37.6. The van der Waals surface area contributed by atoms with E-state index in [4.69, 9.17) is 21.3 Å². The van der Waals surface area contributed by atoms with Gasteiger partial charge in [0.25, 0.3) is 5.91 Å². The molecule has 3 aromatic rings. The first kappa shape index (κ1) is 22.2. The molecule has 1 saturated heterocycles. The monoisotopic (exact) mass is 470 g/mol. The van der Waals surface area contributed by atoms with Crippen molar-refractivity contribution in [1.82, 2.24) is 19.8 Å². The molecule has 1 aliphatic rings. The Kier molecular flexibility index (Phi) is 7.02. The fourth-order valence-electron chi connectivity index (χ4n) is 3.65. The van der Waals surface area contributed by atoms with Crippen molar-refractivity contribution < 1.29 is 14.3 Å². The van der Waals surface area contributed by atoms with Crippen LogP contribution < -0.4 is 4.74 Å². The zero-order valence-electron chi connectivity index (χ0n) is 17.6. The van der Waals surface area contributed by atoms with Crippen LogP contribution in [0.15, 0.2) is 54.2 Å². The van der Waals surface area contributed by atoms with E-state index in [-0.39, 0.29) is 24.5 Å². The molecular formula is C23H23ClN4O3S. The SMILES string of the molecule is CC(=O)N1CCC(c2nc(-c3ccncc3)cs2)N(C(=O)COc2ccc(Cl)cc2)CC1. The Balaban J connectivity index is 1.54. The highest BCUT2D eigenvalue weighted by molar-refractivity contribution is 7.10. The van der Waals surface area contributed by atoms with Gasteiger partial charge in [-0.2, -0.15) is 0 Å². The van der Waals surface area contributed by atoms with Gasteiger partial charge in [0.1, 0.15) is 10.8 Å². The Morgan fingerprint density at radius 2 is 1.88 bits per heavy atom. The van der Waals surface area contributed by atoms with Crippen LogP contribution in [0.3, 0.4) is 0 Å². The molecule has 4 rings (SSSR count). The van der Waals surface area contributed by atoms with Gasteiger partial charge in [-0.25, -0.2) is 4.98 Å². The third-order valence-electron chi connectivity index (χ3n) is 5.38. The summed E-state index contributed by atoms with van der Waals surface area (Å²) in [6.45, 7) is 2.95. The molecular weight excluding hydrogens is 448 g/mol. The lowest BCUT2D eigenvalue weighted by Crippen LogP contribution is -2.40. The molecule has 0 aliphatic carbocycles. The van der Waals surface area contributed by atoms with Crippen LogP contribution in [-0.2, 0) is 9.59 Å². The standard InChI is InChI=1S/C23H23ClN4O3S/c1-16(29)27-11-8-21(23-26-20(15-32-23)17-6-9-25-10-7-17)28(13-12-27)22(30)14-31-19-4-2-18(24)3-5-19/h2-7,9-10,15,21H,8,11-14H2,1H3. The third kappa shape index (κ3) is 5.26. The topological polar surface area (TPSA) is 75.6 Å². The molecule has 3 heterocycles. The van der Waals surface area contributed by atoms with Crippen molar-refractivity contribution in [2.75, 3.05) is 26.2 Å². The normalized spacial score (nSPS) is 16.5. The van der Waals surface area contributed by atoms with Crippen LogP contribution in [0.4, 0.5) is 0 Å². The lowest BCUT2D eigenvalue weighted by atomic mass is 10.1. The van der Waals surface area contributed by atoms with E-state index in [1.54, 1.807) is 53.4 Å². The van der Waals surface area contributed by atoms with Crippen LogP contribution >= 0.6 is 22.9 Å². The first-order chi connectivity index (χ1) is 15.5. The molecule has 1 unspecified atom stereocenters. The van der Waals surface area contributed by atoms with Crippen LogP contribution in [0.5, 0.6) is 5.75 Å². The molecule has 2 amide bonds.